The number of thiophene rings is 2. The van der Waals surface area contributed by atoms with Crippen LogP contribution in [-0.2, 0) is 18.3 Å². The van der Waals surface area contributed by atoms with Crippen LogP contribution in [0.25, 0.3) is 76.4 Å². The van der Waals surface area contributed by atoms with Crippen LogP contribution in [0.1, 0.15) is 157 Å². The van der Waals surface area contributed by atoms with Crippen LogP contribution < -0.4 is 4.90 Å². The molecule has 82 heavy (non-hydrogen) atoms. The van der Waals surface area contributed by atoms with E-state index in [4.69, 9.17) is 8.75 Å². The third-order valence-corrected chi connectivity index (χ3v) is 21.9. The molecule has 0 radical (unpaired) electrons. The van der Waals surface area contributed by atoms with E-state index in [1.165, 1.54) is 160 Å². The van der Waals surface area contributed by atoms with Gasteiger partial charge in [-0.2, -0.15) is 8.75 Å². The second-order valence-corrected chi connectivity index (χ2v) is 26.8. The molecule has 0 saturated heterocycles. The lowest BCUT2D eigenvalue weighted by atomic mass is 9.70. The summed E-state index contributed by atoms with van der Waals surface area (Å²) in [6.07, 6.45) is 13.9. The van der Waals surface area contributed by atoms with Crippen molar-refractivity contribution in [2.45, 2.75) is 138 Å². The minimum absolute atomic E-state index is 0.110. The quantitative estimate of drug-likeness (QED) is 0.0874. The molecule has 0 bridgehead atoms. The molecule has 0 spiro atoms. The van der Waals surface area contributed by atoms with E-state index in [0.29, 0.717) is 17.4 Å². The Labute approximate surface area is 497 Å². The van der Waals surface area contributed by atoms with Gasteiger partial charge >= 0.3 is 5.97 Å². The zero-order valence-electron chi connectivity index (χ0n) is 48.8. The van der Waals surface area contributed by atoms with Gasteiger partial charge in [-0.1, -0.05) is 163 Å². The zero-order chi connectivity index (χ0) is 56.6. The number of aromatic nitrogens is 2. The Hall–Kier alpha value is -6.97. The van der Waals surface area contributed by atoms with Crippen molar-refractivity contribution in [2.24, 2.45) is 11.8 Å². The molecule has 2 atom stereocenters. The number of carbonyl (C=O) groups is 1. The molecule has 414 valence electrons. The van der Waals surface area contributed by atoms with Crippen LogP contribution in [0.4, 0.5) is 17.1 Å². The molecule has 3 aromatic heterocycles. The summed E-state index contributed by atoms with van der Waals surface area (Å²) in [7, 11) is 0. The van der Waals surface area contributed by atoms with E-state index >= 15 is 0 Å². The summed E-state index contributed by atoms with van der Waals surface area (Å²) in [5.74, 6) is 0.328. The number of hydrogen-bond acceptors (Lipinski definition) is 7. The van der Waals surface area contributed by atoms with Crippen LogP contribution in [-0.4, -0.2) is 19.8 Å². The van der Waals surface area contributed by atoms with Gasteiger partial charge in [0.25, 0.3) is 0 Å². The van der Waals surface area contributed by atoms with E-state index in [2.05, 4.69) is 169 Å². The SMILES string of the molecule is CCCCC(CC)CC1(CC(CC)CCCC)c2sc(-c3ccc(C(=O)O)cc3)cc2-c2cc(-c3ccc(-c4ccc(N(c5ccc6c(c5)Cc5cc(C)cc(C)c5-6)c5ccc6c(c5)Cc5cc(C)cc(C)c5-6)cc4)c4nsnc34)sc21. The first-order chi connectivity index (χ1) is 39.9. The molecule has 10 aromatic rings. The van der Waals surface area contributed by atoms with Crippen molar-refractivity contribution >= 4 is 68.5 Å². The molecule has 3 aliphatic carbocycles. The molecular weight excluding hydrogens is 1060 g/mol. The second kappa shape index (κ2) is 22.0. The van der Waals surface area contributed by atoms with E-state index in [1.54, 1.807) is 12.1 Å². The molecule has 2 unspecified atom stereocenters. The van der Waals surface area contributed by atoms with Crippen LogP contribution in [0.15, 0.2) is 133 Å². The highest BCUT2D eigenvalue weighted by atomic mass is 32.1. The van der Waals surface area contributed by atoms with Gasteiger partial charge in [0.2, 0.25) is 0 Å². The first kappa shape index (κ1) is 54.3. The fourth-order valence-corrected chi connectivity index (χ4v) is 18.1. The number of aryl methyl sites for hydroxylation is 4. The molecule has 1 N–H and O–H groups in total. The Morgan fingerprint density at radius 3 is 1.52 bits per heavy atom. The Morgan fingerprint density at radius 2 is 1.00 bits per heavy atom. The van der Waals surface area contributed by atoms with Crippen LogP contribution >= 0.6 is 34.4 Å². The van der Waals surface area contributed by atoms with E-state index < -0.39 is 5.97 Å². The van der Waals surface area contributed by atoms with Gasteiger partial charge in [-0.25, -0.2) is 4.79 Å². The van der Waals surface area contributed by atoms with Crippen molar-refractivity contribution in [3.8, 4) is 65.4 Å². The second-order valence-electron chi connectivity index (χ2n) is 24.2. The molecule has 0 saturated carbocycles. The Kier molecular flexibility index (Phi) is 14.6. The highest BCUT2D eigenvalue weighted by Gasteiger charge is 2.49. The molecule has 0 fully saturated rings. The molecule has 8 heteroatoms. The third kappa shape index (κ3) is 9.47. The van der Waals surface area contributed by atoms with Gasteiger partial charge in [-0.15, -0.1) is 22.7 Å². The fourth-order valence-electron chi connectivity index (χ4n) is 14.7. The van der Waals surface area contributed by atoms with E-state index in [0.717, 1.165) is 76.0 Å². The van der Waals surface area contributed by atoms with E-state index in [-0.39, 0.29) is 5.41 Å². The largest absolute Gasteiger partial charge is 0.478 e. The lowest BCUT2D eigenvalue weighted by molar-refractivity contribution is 0.0697. The number of carboxylic acids is 1. The topological polar surface area (TPSA) is 66.3 Å². The van der Waals surface area contributed by atoms with Gasteiger partial charge in [-0.3, -0.25) is 0 Å². The maximum absolute atomic E-state index is 11.9. The highest BCUT2D eigenvalue weighted by Crippen LogP contribution is 2.63. The number of anilines is 3. The van der Waals surface area contributed by atoms with E-state index in [1.807, 2.05) is 34.8 Å². The van der Waals surface area contributed by atoms with Gasteiger partial charge in [-0.05, 0) is 204 Å². The molecule has 3 heterocycles. The van der Waals surface area contributed by atoms with Gasteiger partial charge in [0.1, 0.15) is 11.0 Å². The smallest absolute Gasteiger partial charge is 0.335 e. The number of benzene rings is 7. The molecule has 0 amide bonds. The molecule has 7 aromatic carbocycles. The third-order valence-electron chi connectivity index (χ3n) is 18.6. The van der Waals surface area contributed by atoms with Crippen LogP contribution in [0.3, 0.4) is 0 Å². The number of aromatic carboxylic acids is 1. The molecule has 13 rings (SSSR count). The summed E-state index contributed by atoms with van der Waals surface area (Å²) in [5, 5.41) is 9.78. The summed E-state index contributed by atoms with van der Waals surface area (Å²) >= 11 is 5.27. The van der Waals surface area contributed by atoms with Crippen molar-refractivity contribution in [1.29, 1.82) is 0 Å². The average Bonchev–Trinajstić information content (AvgIpc) is 2.28. The van der Waals surface area contributed by atoms with Gasteiger partial charge in [0.15, 0.2) is 0 Å². The molecule has 5 nitrogen and oxygen atoms in total. The number of carboxylic acid groups (broad SMARTS) is 1. The predicted octanol–water partition coefficient (Wildman–Crippen LogP) is 21.8. The van der Waals surface area contributed by atoms with Crippen molar-refractivity contribution in [3.63, 3.8) is 0 Å². The number of rotatable bonds is 19. The summed E-state index contributed by atoms with van der Waals surface area (Å²) < 4.78 is 10.2. The molecule has 0 aliphatic heterocycles. The molecule has 3 aliphatic rings. The average molecular weight is 1130 g/mol. The van der Waals surface area contributed by atoms with Gasteiger partial charge in [0.05, 0.1) is 17.3 Å². The predicted molar refractivity (Wildman–Crippen MR) is 349 cm³/mol. The van der Waals surface area contributed by atoms with Crippen molar-refractivity contribution in [1.82, 2.24) is 8.75 Å². The maximum Gasteiger partial charge on any atom is 0.335 e. The Morgan fingerprint density at radius 1 is 0.524 bits per heavy atom. The minimum atomic E-state index is -0.895. The first-order valence-corrected chi connectivity index (χ1v) is 32.5. The number of fused-ring (bicyclic) bond motifs is 10. The van der Waals surface area contributed by atoms with Crippen LogP contribution in [0.5, 0.6) is 0 Å². The van der Waals surface area contributed by atoms with E-state index in [9.17, 15) is 9.90 Å². The number of hydrogen-bond donors (Lipinski definition) is 1. The monoisotopic (exact) mass is 1130 g/mol. The maximum atomic E-state index is 11.9. The normalized spacial score (nSPS) is 15.3. The Bertz CT molecular complexity index is 3970. The zero-order valence-corrected chi connectivity index (χ0v) is 51.2. The van der Waals surface area contributed by atoms with Crippen molar-refractivity contribution in [2.75, 3.05) is 4.90 Å². The first-order valence-electron chi connectivity index (χ1n) is 30.1. The summed E-state index contributed by atoms with van der Waals surface area (Å²) in [6.45, 7) is 18.4. The van der Waals surface area contributed by atoms with Crippen LogP contribution in [0.2, 0.25) is 0 Å². The van der Waals surface area contributed by atoms with Crippen molar-refractivity contribution in [3.05, 3.63) is 193 Å². The van der Waals surface area contributed by atoms with Gasteiger partial charge < -0.3 is 10.0 Å². The summed E-state index contributed by atoms with van der Waals surface area (Å²) in [4.78, 5) is 19.9. The number of nitrogens with zero attached hydrogens (tertiary/aromatic N) is 3. The van der Waals surface area contributed by atoms with Gasteiger partial charge in [0, 0.05) is 53.1 Å². The lowest BCUT2D eigenvalue weighted by Crippen LogP contribution is -2.30. The molecular formula is C74H73N3O2S3. The minimum Gasteiger partial charge on any atom is -0.478 e. The van der Waals surface area contributed by atoms with Crippen molar-refractivity contribution < 1.29 is 9.90 Å². The summed E-state index contributed by atoms with van der Waals surface area (Å²) in [6, 6.07) is 49.8. The van der Waals surface area contributed by atoms with Crippen LogP contribution in [0, 0.1) is 39.5 Å². The highest BCUT2D eigenvalue weighted by molar-refractivity contribution is 7.18. The summed E-state index contributed by atoms with van der Waals surface area (Å²) in [5.41, 5.74) is 29.2. The number of unbranched alkanes of at least 4 members (excludes halogenated alkanes) is 2. The standard InChI is InChI=1S/C74H73N3O2S3/c1-9-13-15-47(11-3)41-74(42-48(12-4)16-14-10-2)71-63(39-65(80-71)50-17-19-51(20-18-50)73(78)79)64-40-66(81-72(64)74)62-30-29-61(69-70(62)76-82-75-69)49-21-23-56(24-22-49)77(57-25-27-59-52(37-57)35-54-33-43(5)31-45(7)67(54)59)58-26-28-60-53(38-58)36-55-34-44(6)32-46(8)68(55)60/h17-34,37-40,47-48H,9-16,35-36,41-42H2,1-8H3,(H,78,79). The Balaban J connectivity index is 0.886. The fraction of sp³-hybridized carbons (Fsp3) is 0.311. The lowest BCUT2D eigenvalue weighted by Gasteiger charge is -2.37.